The Bertz CT molecular complexity index is 589. The molecular weight excluding hydrogens is 347 g/mol. The molecule has 1 fully saturated rings. The Morgan fingerprint density at radius 2 is 1.96 bits per heavy atom. The number of benzene rings is 1. The van der Waals surface area contributed by atoms with Crippen molar-refractivity contribution in [1.82, 2.24) is 15.5 Å². The molecule has 1 saturated heterocycles. The fraction of sp³-hybridized carbons (Fsp3) is 0.611. The van der Waals surface area contributed by atoms with Crippen LogP contribution in [0.25, 0.3) is 0 Å². The van der Waals surface area contributed by atoms with E-state index in [1.165, 1.54) is 4.90 Å². The fourth-order valence-electron chi connectivity index (χ4n) is 3.19. The molecule has 0 radical (unpaired) electrons. The summed E-state index contributed by atoms with van der Waals surface area (Å²) in [5, 5.41) is 5.50. The van der Waals surface area contributed by atoms with Crippen molar-refractivity contribution in [2.24, 2.45) is 0 Å². The minimum absolute atomic E-state index is 0.104. The van der Waals surface area contributed by atoms with E-state index in [0.29, 0.717) is 31.9 Å². The Balaban J connectivity index is 1.93. The van der Waals surface area contributed by atoms with Gasteiger partial charge in [0.15, 0.2) is 0 Å². The third kappa shape index (κ3) is 5.60. The van der Waals surface area contributed by atoms with Crippen LogP contribution in [0.5, 0.6) is 5.75 Å². The first-order chi connectivity index (χ1) is 12.3. The van der Waals surface area contributed by atoms with Gasteiger partial charge in [0.05, 0.1) is 7.11 Å². The summed E-state index contributed by atoms with van der Waals surface area (Å²) < 4.78 is 45.3. The van der Waals surface area contributed by atoms with Crippen LogP contribution in [-0.4, -0.2) is 62.9 Å². The minimum Gasteiger partial charge on any atom is -0.496 e. The second-order valence-corrected chi connectivity index (χ2v) is 6.49. The summed E-state index contributed by atoms with van der Waals surface area (Å²) in [6, 6.07) is 5.67. The highest BCUT2D eigenvalue weighted by molar-refractivity contribution is 5.77. The first kappa shape index (κ1) is 20.5. The standard InChI is InChI=1S/C18H26F3N3O2/c1-13(14-5-3-4-6-15(14)26-2)11-17(25)23-12-16(18(19,20)21)24-9-7-22-8-10-24/h3-6,13,16,22H,7-12H2,1-2H3,(H,23,25). The SMILES string of the molecule is COc1ccccc1C(C)CC(=O)NCC(N1CCNCC1)C(F)(F)F. The van der Waals surface area contributed by atoms with Gasteiger partial charge in [-0.2, -0.15) is 13.2 Å². The summed E-state index contributed by atoms with van der Waals surface area (Å²) in [6.07, 6.45) is -4.27. The first-order valence-corrected chi connectivity index (χ1v) is 8.74. The lowest BCUT2D eigenvalue weighted by Crippen LogP contribution is -2.57. The van der Waals surface area contributed by atoms with E-state index in [4.69, 9.17) is 4.74 Å². The van der Waals surface area contributed by atoms with E-state index in [9.17, 15) is 18.0 Å². The molecule has 0 spiro atoms. The van der Waals surface area contributed by atoms with E-state index in [2.05, 4.69) is 10.6 Å². The molecule has 1 amide bonds. The Labute approximate surface area is 151 Å². The molecule has 0 aromatic heterocycles. The third-order valence-electron chi connectivity index (χ3n) is 4.62. The Kier molecular flexibility index (Phi) is 7.28. The summed E-state index contributed by atoms with van der Waals surface area (Å²) in [7, 11) is 1.55. The minimum atomic E-state index is -4.38. The van der Waals surface area contributed by atoms with Crippen molar-refractivity contribution in [3.8, 4) is 5.75 Å². The maximum Gasteiger partial charge on any atom is 0.405 e. The largest absolute Gasteiger partial charge is 0.496 e. The molecule has 2 unspecified atom stereocenters. The molecule has 2 atom stereocenters. The number of nitrogens with one attached hydrogen (secondary N) is 2. The van der Waals surface area contributed by atoms with Crippen LogP contribution in [0.1, 0.15) is 24.8 Å². The van der Waals surface area contributed by atoms with Gasteiger partial charge in [0, 0.05) is 39.1 Å². The molecule has 2 rings (SSSR count). The highest BCUT2D eigenvalue weighted by Gasteiger charge is 2.43. The van der Waals surface area contributed by atoms with Gasteiger partial charge in [0.25, 0.3) is 0 Å². The zero-order chi connectivity index (χ0) is 19.2. The van der Waals surface area contributed by atoms with Crippen molar-refractivity contribution < 1.29 is 22.7 Å². The summed E-state index contributed by atoms with van der Waals surface area (Å²) in [5.41, 5.74) is 0.861. The molecule has 2 N–H and O–H groups in total. The van der Waals surface area contributed by atoms with E-state index >= 15 is 0 Å². The summed E-state index contributed by atoms with van der Waals surface area (Å²) in [6.45, 7) is 3.10. The van der Waals surface area contributed by atoms with Gasteiger partial charge >= 0.3 is 6.18 Å². The van der Waals surface area contributed by atoms with Gasteiger partial charge < -0.3 is 15.4 Å². The van der Waals surface area contributed by atoms with Crippen LogP contribution in [0.2, 0.25) is 0 Å². The average molecular weight is 373 g/mol. The predicted molar refractivity (Wildman–Crippen MR) is 93.3 cm³/mol. The lowest BCUT2D eigenvalue weighted by Gasteiger charge is -2.36. The summed E-state index contributed by atoms with van der Waals surface area (Å²) in [4.78, 5) is 13.6. The zero-order valence-electron chi connectivity index (χ0n) is 15.1. The number of ether oxygens (including phenoxy) is 1. The monoisotopic (exact) mass is 373 g/mol. The topological polar surface area (TPSA) is 53.6 Å². The molecule has 8 heteroatoms. The number of nitrogens with zero attached hydrogens (tertiary/aromatic N) is 1. The van der Waals surface area contributed by atoms with E-state index in [1.807, 2.05) is 25.1 Å². The number of carbonyl (C=O) groups excluding carboxylic acids is 1. The number of amides is 1. The van der Waals surface area contributed by atoms with Gasteiger partial charge in [-0.3, -0.25) is 9.69 Å². The van der Waals surface area contributed by atoms with Crippen molar-refractivity contribution in [2.45, 2.75) is 31.5 Å². The highest BCUT2D eigenvalue weighted by Crippen LogP contribution is 2.28. The fourth-order valence-corrected chi connectivity index (χ4v) is 3.19. The Hall–Kier alpha value is -1.80. The van der Waals surface area contributed by atoms with E-state index in [1.54, 1.807) is 13.2 Å². The number of hydrogen-bond donors (Lipinski definition) is 2. The number of halogens is 3. The van der Waals surface area contributed by atoms with Crippen LogP contribution in [0, 0.1) is 0 Å². The average Bonchev–Trinajstić information content (AvgIpc) is 2.61. The van der Waals surface area contributed by atoms with Gasteiger partial charge in [-0.25, -0.2) is 0 Å². The molecule has 0 aliphatic carbocycles. The number of hydrogen-bond acceptors (Lipinski definition) is 4. The molecule has 146 valence electrons. The number of para-hydroxylation sites is 1. The molecule has 5 nitrogen and oxygen atoms in total. The van der Waals surface area contributed by atoms with Gasteiger partial charge in [0.1, 0.15) is 11.8 Å². The Morgan fingerprint density at radius 3 is 2.58 bits per heavy atom. The maximum atomic E-state index is 13.4. The van der Waals surface area contributed by atoms with E-state index in [-0.39, 0.29) is 12.3 Å². The second-order valence-electron chi connectivity index (χ2n) is 6.49. The smallest absolute Gasteiger partial charge is 0.405 e. The van der Waals surface area contributed by atoms with Crippen molar-refractivity contribution in [1.29, 1.82) is 0 Å². The molecular formula is C18H26F3N3O2. The molecule has 1 aliphatic rings. The number of rotatable bonds is 7. The highest BCUT2D eigenvalue weighted by atomic mass is 19.4. The summed E-state index contributed by atoms with van der Waals surface area (Å²) in [5.74, 6) is 0.115. The third-order valence-corrected chi connectivity index (χ3v) is 4.62. The van der Waals surface area contributed by atoms with Gasteiger partial charge in [-0.1, -0.05) is 25.1 Å². The number of methoxy groups -OCH3 is 1. The second kappa shape index (κ2) is 9.23. The van der Waals surface area contributed by atoms with Crippen molar-refractivity contribution in [3.63, 3.8) is 0 Å². The van der Waals surface area contributed by atoms with Crippen LogP contribution in [0.4, 0.5) is 13.2 Å². The number of carbonyl (C=O) groups is 1. The van der Waals surface area contributed by atoms with Crippen molar-refractivity contribution in [2.75, 3.05) is 39.8 Å². The van der Waals surface area contributed by atoms with Crippen LogP contribution in [-0.2, 0) is 4.79 Å². The quantitative estimate of drug-likeness (QED) is 0.769. The van der Waals surface area contributed by atoms with Crippen molar-refractivity contribution >= 4 is 5.91 Å². The van der Waals surface area contributed by atoms with E-state index < -0.39 is 24.7 Å². The lowest BCUT2D eigenvalue weighted by molar-refractivity contribution is -0.184. The molecule has 1 heterocycles. The summed E-state index contributed by atoms with van der Waals surface area (Å²) >= 11 is 0. The molecule has 0 saturated carbocycles. The predicted octanol–water partition coefficient (Wildman–Crippen LogP) is 2.14. The molecule has 1 aliphatic heterocycles. The van der Waals surface area contributed by atoms with Gasteiger partial charge in [0.2, 0.25) is 5.91 Å². The van der Waals surface area contributed by atoms with Crippen LogP contribution >= 0.6 is 0 Å². The zero-order valence-corrected chi connectivity index (χ0v) is 15.1. The maximum absolute atomic E-state index is 13.4. The molecule has 1 aromatic carbocycles. The van der Waals surface area contributed by atoms with Crippen LogP contribution in [0.15, 0.2) is 24.3 Å². The number of alkyl halides is 3. The van der Waals surface area contributed by atoms with E-state index in [0.717, 1.165) is 5.56 Å². The first-order valence-electron chi connectivity index (χ1n) is 8.74. The molecule has 1 aromatic rings. The molecule has 0 bridgehead atoms. The van der Waals surface area contributed by atoms with Gasteiger partial charge in [-0.15, -0.1) is 0 Å². The van der Waals surface area contributed by atoms with Crippen LogP contribution < -0.4 is 15.4 Å². The molecule has 26 heavy (non-hydrogen) atoms. The number of piperazine rings is 1. The van der Waals surface area contributed by atoms with Gasteiger partial charge in [-0.05, 0) is 17.5 Å². The lowest BCUT2D eigenvalue weighted by atomic mass is 9.96. The normalized spacial score (nSPS) is 18.2. The van der Waals surface area contributed by atoms with Crippen LogP contribution in [0.3, 0.4) is 0 Å². The van der Waals surface area contributed by atoms with Crippen molar-refractivity contribution in [3.05, 3.63) is 29.8 Å². The Morgan fingerprint density at radius 1 is 1.31 bits per heavy atom.